The number of carbonyl (C=O) groups excluding carboxylic acids is 1. The van der Waals surface area contributed by atoms with Crippen LogP contribution in [0.1, 0.15) is 11.4 Å². The number of amides is 1. The molecular formula is C19H19N7O. The summed E-state index contributed by atoms with van der Waals surface area (Å²) in [5.74, 6) is 1.26. The van der Waals surface area contributed by atoms with Gasteiger partial charge >= 0.3 is 0 Å². The Hall–Kier alpha value is -3.55. The number of fused-ring (bicyclic) bond motifs is 1. The number of hydrogen-bond donors (Lipinski definition) is 2. The molecule has 4 aromatic rings. The second-order valence-electron chi connectivity index (χ2n) is 6.26. The van der Waals surface area contributed by atoms with Gasteiger partial charge in [-0.15, -0.1) is 0 Å². The van der Waals surface area contributed by atoms with Crippen LogP contribution >= 0.6 is 0 Å². The third-order valence-corrected chi connectivity index (χ3v) is 4.29. The average Bonchev–Trinajstić information content (AvgIpc) is 3.31. The summed E-state index contributed by atoms with van der Waals surface area (Å²) in [4.78, 5) is 25.1. The summed E-state index contributed by atoms with van der Waals surface area (Å²) in [5.41, 5.74) is 3.84. The number of nitrogens with zero attached hydrogens (tertiary/aromatic N) is 5. The molecule has 27 heavy (non-hydrogen) atoms. The molecule has 8 nitrogen and oxygen atoms in total. The molecule has 1 amide bonds. The van der Waals surface area contributed by atoms with Gasteiger partial charge in [-0.1, -0.05) is 12.1 Å². The lowest BCUT2D eigenvalue weighted by molar-refractivity contribution is -0.121. The largest absolute Gasteiger partial charge is 0.354 e. The van der Waals surface area contributed by atoms with E-state index in [0.717, 1.165) is 28.0 Å². The number of aromatic nitrogens is 6. The van der Waals surface area contributed by atoms with Crippen LogP contribution in [0.2, 0.25) is 0 Å². The minimum Gasteiger partial charge on any atom is -0.354 e. The van der Waals surface area contributed by atoms with E-state index in [1.54, 1.807) is 18.7 Å². The highest BCUT2D eigenvalue weighted by molar-refractivity contribution is 5.82. The maximum absolute atomic E-state index is 12.3. The monoisotopic (exact) mass is 361 g/mol. The van der Waals surface area contributed by atoms with Crippen LogP contribution in [0.4, 0.5) is 0 Å². The number of benzene rings is 1. The summed E-state index contributed by atoms with van der Waals surface area (Å²) in [6.45, 7) is 2.73. The summed E-state index contributed by atoms with van der Waals surface area (Å²) >= 11 is 0. The van der Waals surface area contributed by atoms with Crippen LogP contribution in [-0.4, -0.2) is 42.2 Å². The van der Waals surface area contributed by atoms with Crippen molar-refractivity contribution in [2.45, 2.75) is 19.9 Å². The standard InChI is InChI=1S/C19H19N7O/c1-13-4-2-6-15-18(13)26(12-22-15)11-17(27)21-9-7-16-23-19(25-24-16)14-5-3-8-20-10-14/h2-6,8,10,12H,7,9,11H2,1H3,(H,21,27)(H,23,24,25). The third kappa shape index (κ3) is 3.69. The van der Waals surface area contributed by atoms with Crippen LogP contribution in [-0.2, 0) is 17.8 Å². The quantitative estimate of drug-likeness (QED) is 0.546. The molecule has 0 unspecified atom stereocenters. The fourth-order valence-corrected chi connectivity index (χ4v) is 2.99. The predicted molar refractivity (Wildman–Crippen MR) is 101 cm³/mol. The molecule has 1 aromatic carbocycles. The van der Waals surface area contributed by atoms with E-state index in [0.29, 0.717) is 18.8 Å². The average molecular weight is 361 g/mol. The number of para-hydroxylation sites is 1. The molecule has 0 saturated carbocycles. The van der Waals surface area contributed by atoms with Gasteiger partial charge in [-0.3, -0.25) is 14.9 Å². The Morgan fingerprint density at radius 1 is 1.26 bits per heavy atom. The van der Waals surface area contributed by atoms with Crippen molar-refractivity contribution in [2.24, 2.45) is 0 Å². The molecule has 2 N–H and O–H groups in total. The number of nitrogens with one attached hydrogen (secondary N) is 2. The van der Waals surface area contributed by atoms with Crippen molar-refractivity contribution in [1.82, 2.24) is 35.0 Å². The van der Waals surface area contributed by atoms with E-state index in [1.807, 2.05) is 41.8 Å². The van der Waals surface area contributed by atoms with Crippen LogP contribution < -0.4 is 5.32 Å². The second-order valence-corrected chi connectivity index (χ2v) is 6.26. The number of hydrogen-bond acceptors (Lipinski definition) is 5. The van der Waals surface area contributed by atoms with Crippen LogP contribution in [0.5, 0.6) is 0 Å². The SMILES string of the molecule is Cc1cccc2ncn(CC(=O)NCCc3nc(-c4cccnc4)n[nH]3)c12. The Labute approximate surface area is 155 Å². The van der Waals surface area contributed by atoms with Gasteiger partial charge in [0.25, 0.3) is 0 Å². The van der Waals surface area contributed by atoms with Gasteiger partial charge in [0.15, 0.2) is 5.82 Å². The molecule has 0 spiro atoms. The zero-order chi connectivity index (χ0) is 18.6. The van der Waals surface area contributed by atoms with Gasteiger partial charge < -0.3 is 9.88 Å². The van der Waals surface area contributed by atoms with Gasteiger partial charge in [-0.25, -0.2) is 9.97 Å². The zero-order valence-electron chi connectivity index (χ0n) is 14.9. The maximum Gasteiger partial charge on any atom is 0.240 e. The Morgan fingerprint density at radius 2 is 2.19 bits per heavy atom. The smallest absolute Gasteiger partial charge is 0.240 e. The first kappa shape index (κ1) is 16.9. The maximum atomic E-state index is 12.3. The Bertz CT molecular complexity index is 1070. The van der Waals surface area contributed by atoms with Crippen molar-refractivity contribution in [2.75, 3.05) is 6.54 Å². The van der Waals surface area contributed by atoms with Crippen LogP contribution in [0.15, 0.2) is 49.1 Å². The topological polar surface area (TPSA) is 101 Å². The summed E-state index contributed by atoms with van der Waals surface area (Å²) in [7, 11) is 0. The van der Waals surface area contributed by atoms with Crippen molar-refractivity contribution in [3.63, 3.8) is 0 Å². The number of imidazole rings is 1. The molecule has 0 bridgehead atoms. The molecule has 8 heteroatoms. The number of aryl methyl sites for hydroxylation is 1. The summed E-state index contributed by atoms with van der Waals surface area (Å²) < 4.78 is 1.87. The van der Waals surface area contributed by atoms with Crippen molar-refractivity contribution >= 4 is 16.9 Å². The van der Waals surface area contributed by atoms with E-state index in [2.05, 4.69) is 30.5 Å². The lowest BCUT2D eigenvalue weighted by Crippen LogP contribution is -2.29. The molecule has 0 atom stereocenters. The first-order valence-corrected chi connectivity index (χ1v) is 8.69. The molecule has 0 aliphatic heterocycles. The Kier molecular flexibility index (Phi) is 4.61. The van der Waals surface area contributed by atoms with Crippen molar-refractivity contribution < 1.29 is 4.79 Å². The molecule has 4 rings (SSSR count). The molecule has 0 aliphatic carbocycles. The van der Waals surface area contributed by atoms with Crippen molar-refractivity contribution in [1.29, 1.82) is 0 Å². The van der Waals surface area contributed by atoms with E-state index in [9.17, 15) is 4.79 Å². The summed E-state index contributed by atoms with van der Waals surface area (Å²) in [6, 6.07) is 9.67. The number of aromatic amines is 1. The van der Waals surface area contributed by atoms with E-state index in [-0.39, 0.29) is 12.5 Å². The molecular weight excluding hydrogens is 342 g/mol. The minimum absolute atomic E-state index is 0.0652. The minimum atomic E-state index is -0.0652. The van der Waals surface area contributed by atoms with Crippen LogP contribution in [0.25, 0.3) is 22.4 Å². The van der Waals surface area contributed by atoms with Gasteiger partial charge in [0.2, 0.25) is 5.91 Å². The van der Waals surface area contributed by atoms with Crippen molar-refractivity contribution in [3.8, 4) is 11.4 Å². The number of rotatable bonds is 6. The highest BCUT2D eigenvalue weighted by Gasteiger charge is 2.10. The molecule has 136 valence electrons. The first-order valence-electron chi connectivity index (χ1n) is 8.69. The van der Waals surface area contributed by atoms with Crippen molar-refractivity contribution in [3.05, 3.63) is 60.4 Å². The molecule has 0 fully saturated rings. The van der Waals surface area contributed by atoms with E-state index >= 15 is 0 Å². The third-order valence-electron chi connectivity index (χ3n) is 4.29. The highest BCUT2D eigenvalue weighted by atomic mass is 16.1. The first-order chi connectivity index (χ1) is 13.2. The highest BCUT2D eigenvalue weighted by Crippen LogP contribution is 2.16. The summed E-state index contributed by atoms with van der Waals surface area (Å²) in [5, 5.41) is 10.0. The van der Waals surface area contributed by atoms with E-state index in [1.165, 1.54) is 0 Å². The fourth-order valence-electron chi connectivity index (χ4n) is 2.99. The molecule has 0 radical (unpaired) electrons. The van der Waals surface area contributed by atoms with E-state index < -0.39 is 0 Å². The summed E-state index contributed by atoms with van der Waals surface area (Å²) in [6.07, 6.45) is 5.69. The Morgan fingerprint density at radius 3 is 3.04 bits per heavy atom. The lowest BCUT2D eigenvalue weighted by Gasteiger charge is -2.07. The molecule has 3 heterocycles. The van der Waals surface area contributed by atoms with Gasteiger partial charge in [0, 0.05) is 30.9 Å². The van der Waals surface area contributed by atoms with Gasteiger partial charge in [-0.05, 0) is 30.7 Å². The predicted octanol–water partition coefficient (Wildman–Crippen LogP) is 1.88. The van der Waals surface area contributed by atoms with Crippen LogP contribution in [0.3, 0.4) is 0 Å². The number of pyridine rings is 1. The second kappa shape index (κ2) is 7.36. The zero-order valence-corrected chi connectivity index (χ0v) is 14.9. The van der Waals surface area contributed by atoms with Gasteiger partial charge in [-0.2, -0.15) is 5.10 Å². The van der Waals surface area contributed by atoms with E-state index in [4.69, 9.17) is 0 Å². The number of carbonyl (C=O) groups is 1. The number of H-pyrrole nitrogens is 1. The van der Waals surface area contributed by atoms with Gasteiger partial charge in [0.05, 0.1) is 17.4 Å². The molecule has 0 aliphatic rings. The molecule has 0 saturated heterocycles. The molecule has 3 aromatic heterocycles. The fraction of sp³-hybridized carbons (Fsp3) is 0.211. The Balaban J connectivity index is 1.33. The van der Waals surface area contributed by atoms with Crippen LogP contribution in [0, 0.1) is 6.92 Å². The van der Waals surface area contributed by atoms with Gasteiger partial charge in [0.1, 0.15) is 12.4 Å². The normalized spacial score (nSPS) is 11.0. The lowest BCUT2D eigenvalue weighted by atomic mass is 10.2.